The Morgan fingerprint density at radius 3 is 2.28 bits per heavy atom. The lowest BCUT2D eigenvalue weighted by molar-refractivity contribution is -0.116. The molecule has 7 heteroatoms. The number of hydrogen-bond acceptors (Lipinski definition) is 3. The van der Waals surface area contributed by atoms with Gasteiger partial charge in [0.25, 0.3) is 5.91 Å². The summed E-state index contributed by atoms with van der Waals surface area (Å²) in [7, 11) is 0. The van der Waals surface area contributed by atoms with E-state index >= 15 is 0 Å². The van der Waals surface area contributed by atoms with Gasteiger partial charge >= 0.3 is 0 Å². The zero-order valence-corrected chi connectivity index (χ0v) is 16.7. The van der Waals surface area contributed by atoms with Crippen molar-refractivity contribution in [3.63, 3.8) is 0 Å². The van der Waals surface area contributed by atoms with E-state index in [9.17, 15) is 9.59 Å². The number of nitrogens with one attached hydrogen (secondary N) is 2. The molecule has 0 saturated heterocycles. The molecular formula is C22H21ClN4O2. The van der Waals surface area contributed by atoms with E-state index in [0.29, 0.717) is 28.4 Å². The molecule has 0 spiro atoms. The van der Waals surface area contributed by atoms with Crippen LogP contribution < -0.4 is 10.7 Å². The Bertz CT molecular complexity index is 994. The normalized spacial score (nSPS) is 11.2. The maximum absolute atomic E-state index is 12.2. The van der Waals surface area contributed by atoms with Crippen molar-refractivity contribution < 1.29 is 9.59 Å². The number of amides is 2. The van der Waals surface area contributed by atoms with Gasteiger partial charge in [0.05, 0.1) is 0 Å². The first-order chi connectivity index (χ1) is 14.0. The molecule has 6 nitrogen and oxygen atoms in total. The zero-order valence-electron chi connectivity index (χ0n) is 15.9. The molecule has 0 aliphatic carbocycles. The number of anilines is 1. The number of rotatable bonds is 7. The lowest BCUT2D eigenvalue weighted by Gasteiger charge is -2.06. The molecule has 0 bridgehead atoms. The number of aromatic nitrogens is 1. The van der Waals surface area contributed by atoms with Crippen LogP contribution in [-0.4, -0.2) is 22.1 Å². The molecule has 0 fully saturated rings. The predicted molar refractivity (Wildman–Crippen MR) is 116 cm³/mol. The summed E-state index contributed by atoms with van der Waals surface area (Å²) in [6, 6.07) is 18.0. The Morgan fingerprint density at radius 1 is 0.966 bits per heavy atom. The number of nitrogens with zero attached hydrogens (tertiary/aromatic N) is 2. The average molecular weight is 409 g/mol. The molecule has 0 aliphatic rings. The Hall–Kier alpha value is -3.38. The van der Waals surface area contributed by atoms with Gasteiger partial charge < -0.3 is 9.88 Å². The van der Waals surface area contributed by atoms with Crippen LogP contribution in [0, 0.1) is 0 Å². The van der Waals surface area contributed by atoms with Gasteiger partial charge in [-0.1, -0.05) is 11.6 Å². The minimum absolute atomic E-state index is 0.131. The summed E-state index contributed by atoms with van der Waals surface area (Å²) in [6.45, 7) is 1.77. The SMILES string of the molecule is C/C(CCC(=O)Nc1ccc(Cl)cc1)=N\NC(=O)c1ccc(-n2cccc2)cc1. The number of halogens is 1. The first-order valence-corrected chi connectivity index (χ1v) is 9.51. The third-order valence-electron chi connectivity index (χ3n) is 4.22. The van der Waals surface area contributed by atoms with Gasteiger partial charge in [-0.15, -0.1) is 0 Å². The van der Waals surface area contributed by atoms with Gasteiger partial charge in [0.2, 0.25) is 5.91 Å². The molecule has 3 aromatic rings. The highest BCUT2D eigenvalue weighted by atomic mass is 35.5. The van der Waals surface area contributed by atoms with Crippen molar-refractivity contribution in [2.24, 2.45) is 5.10 Å². The van der Waals surface area contributed by atoms with E-state index in [-0.39, 0.29) is 18.2 Å². The van der Waals surface area contributed by atoms with Crippen molar-refractivity contribution in [2.45, 2.75) is 19.8 Å². The molecule has 2 aromatic carbocycles. The van der Waals surface area contributed by atoms with Crippen LogP contribution in [0.4, 0.5) is 5.69 Å². The topological polar surface area (TPSA) is 75.5 Å². The summed E-state index contributed by atoms with van der Waals surface area (Å²) in [5.41, 5.74) is 5.36. The summed E-state index contributed by atoms with van der Waals surface area (Å²) >= 11 is 5.82. The number of carbonyl (C=O) groups excluding carboxylic acids is 2. The van der Waals surface area contributed by atoms with Gasteiger partial charge in [-0.3, -0.25) is 9.59 Å². The van der Waals surface area contributed by atoms with Crippen LogP contribution >= 0.6 is 11.6 Å². The quantitative estimate of drug-likeness (QED) is 0.441. The second-order valence-corrected chi connectivity index (χ2v) is 6.92. The van der Waals surface area contributed by atoms with E-state index in [2.05, 4.69) is 15.8 Å². The molecular weight excluding hydrogens is 388 g/mol. The van der Waals surface area contributed by atoms with E-state index in [1.165, 1.54) is 0 Å². The van der Waals surface area contributed by atoms with E-state index < -0.39 is 0 Å². The highest BCUT2D eigenvalue weighted by Crippen LogP contribution is 2.14. The van der Waals surface area contributed by atoms with E-state index in [1.807, 2.05) is 41.2 Å². The molecule has 0 atom stereocenters. The van der Waals surface area contributed by atoms with Crippen LogP contribution in [-0.2, 0) is 4.79 Å². The van der Waals surface area contributed by atoms with Crippen molar-refractivity contribution >= 4 is 34.8 Å². The van der Waals surface area contributed by atoms with Crippen molar-refractivity contribution in [1.29, 1.82) is 0 Å². The first kappa shape index (κ1) is 20.4. The van der Waals surface area contributed by atoms with Gasteiger partial charge in [0.15, 0.2) is 0 Å². The molecule has 29 heavy (non-hydrogen) atoms. The molecule has 0 unspecified atom stereocenters. The summed E-state index contributed by atoms with van der Waals surface area (Å²) in [5.74, 6) is -0.428. The van der Waals surface area contributed by atoms with Crippen molar-refractivity contribution in [3.05, 3.63) is 83.6 Å². The Labute approximate surface area is 174 Å². The summed E-state index contributed by atoms with van der Waals surface area (Å²) in [5, 5.41) is 7.48. The standard InChI is InChI=1S/C22H21ClN4O2/c1-16(4-13-21(28)24-19-9-7-18(23)8-10-19)25-26-22(29)17-5-11-20(12-6-17)27-14-2-3-15-27/h2-3,5-12,14-15H,4,13H2,1H3,(H,24,28)(H,26,29)/b25-16+. The predicted octanol–water partition coefficient (Wildman–Crippen LogP) is 4.66. The third kappa shape index (κ3) is 6.05. The second kappa shape index (κ2) is 9.71. The third-order valence-corrected chi connectivity index (χ3v) is 4.47. The number of hydrazone groups is 1. The highest BCUT2D eigenvalue weighted by Gasteiger charge is 2.07. The van der Waals surface area contributed by atoms with Crippen LogP contribution in [0.5, 0.6) is 0 Å². The van der Waals surface area contributed by atoms with Crippen LogP contribution in [0.15, 0.2) is 78.2 Å². The fourth-order valence-electron chi connectivity index (χ4n) is 2.61. The maximum Gasteiger partial charge on any atom is 0.271 e. The van der Waals surface area contributed by atoms with Crippen LogP contribution in [0.1, 0.15) is 30.1 Å². The molecule has 0 aliphatic heterocycles. The van der Waals surface area contributed by atoms with Crippen LogP contribution in [0.2, 0.25) is 5.02 Å². The number of hydrogen-bond donors (Lipinski definition) is 2. The van der Waals surface area contributed by atoms with Crippen LogP contribution in [0.3, 0.4) is 0 Å². The largest absolute Gasteiger partial charge is 0.326 e. The smallest absolute Gasteiger partial charge is 0.271 e. The number of carbonyl (C=O) groups is 2. The minimum atomic E-state index is -0.297. The molecule has 2 N–H and O–H groups in total. The Morgan fingerprint density at radius 2 is 1.62 bits per heavy atom. The second-order valence-electron chi connectivity index (χ2n) is 6.48. The monoisotopic (exact) mass is 408 g/mol. The van der Waals surface area contributed by atoms with Crippen molar-refractivity contribution in [2.75, 3.05) is 5.32 Å². The highest BCUT2D eigenvalue weighted by molar-refractivity contribution is 6.30. The van der Waals surface area contributed by atoms with Crippen molar-refractivity contribution in [1.82, 2.24) is 9.99 Å². The molecule has 3 rings (SSSR count). The Balaban J connectivity index is 1.46. The summed E-state index contributed by atoms with van der Waals surface area (Å²) < 4.78 is 1.96. The molecule has 0 saturated carbocycles. The zero-order chi connectivity index (χ0) is 20.6. The van der Waals surface area contributed by atoms with Gasteiger partial charge in [-0.25, -0.2) is 5.43 Å². The van der Waals surface area contributed by atoms with Gasteiger partial charge in [-0.2, -0.15) is 5.10 Å². The lowest BCUT2D eigenvalue weighted by Crippen LogP contribution is -2.19. The van der Waals surface area contributed by atoms with E-state index in [4.69, 9.17) is 11.6 Å². The van der Waals surface area contributed by atoms with Gasteiger partial charge in [0, 0.05) is 46.5 Å². The molecule has 1 aromatic heterocycles. The van der Waals surface area contributed by atoms with Gasteiger partial charge in [0.1, 0.15) is 0 Å². The van der Waals surface area contributed by atoms with E-state index in [1.54, 1.807) is 43.3 Å². The van der Waals surface area contributed by atoms with E-state index in [0.717, 1.165) is 5.69 Å². The fraction of sp³-hybridized carbons (Fsp3) is 0.136. The minimum Gasteiger partial charge on any atom is -0.326 e. The number of benzene rings is 2. The van der Waals surface area contributed by atoms with Crippen LogP contribution in [0.25, 0.3) is 5.69 Å². The summed E-state index contributed by atoms with van der Waals surface area (Å²) in [4.78, 5) is 24.2. The first-order valence-electron chi connectivity index (χ1n) is 9.13. The summed E-state index contributed by atoms with van der Waals surface area (Å²) in [6.07, 6.45) is 4.57. The van der Waals surface area contributed by atoms with Crippen molar-refractivity contribution in [3.8, 4) is 5.69 Å². The Kier molecular flexibility index (Phi) is 6.81. The fourth-order valence-corrected chi connectivity index (χ4v) is 2.74. The molecule has 148 valence electrons. The average Bonchev–Trinajstić information content (AvgIpc) is 3.27. The van der Waals surface area contributed by atoms with Gasteiger partial charge in [-0.05, 0) is 74.0 Å². The molecule has 2 amide bonds. The maximum atomic E-state index is 12.2. The lowest BCUT2D eigenvalue weighted by atomic mass is 10.2. The molecule has 0 radical (unpaired) electrons. The molecule has 1 heterocycles.